The molecule has 1 atom stereocenters. The molecule has 0 amide bonds. The van der Waals surface area contributed by atoms with Gasteiger partial charge >= 0.3 is 0 Å². The van der Waals surface area contributed by atoms with E-state index in [0.717, 1.165) is 6.54 Å². The maximum atomic E-state index is 5.55. The van der Waals surface area contributed by atoms with Crippen molar-refractivity contribution in [3.8, 4) is 0 Å². The fraction of sp³-hybridized carbons (Fsp3) is 1.00. The van der Waals surface area contributed by atoms with E-state index in [1.54, 1.807) is 0 Å². The Balaban J connectivity index is 2.19. The Bertz CT molecular complexity index is 75.0. The highest BCUT2D eigenvalue weighted by Gasteiger charge is 2.20. The molecule has 1 saturated heterocycles. The Morgan fingerprint density at radius 3 is 2.33 bits per heavy atom. The van der Waals surface area contributed by atoms with E-state index >= 15 is 0 Å². The lowest BCUT2D eigenvalue weighted by molar-refractivity contribution is 0.119. The molecule has 1 unspecified atom stereocenters. The summed E-state index contributed by atoms with van der Waals surface area (Å²) in [5.74, 6) is 0. The molecule has 0 spiro atoms. The molecule has 9 heavy (non-hydrogen) atoms. The average Bonchev–Trinajstić information content (AvgIpc) is 1.78. The summed E-state index contributed by atoms with van der Waals surface area (Å²) in [6.07, 6.45) is 2.58. The average molecular weight is 128 g/mol. The summed E-state index contributed by atoms with van der Waals surface area (Å²) in [5, 5.41) is 0. The van der Waals surface area contributed by atoms with Crippen LogP contribution in [0.3, 0.4) is 0 Å². The molecular formula is C7H16N2. The van der Waals surface area contributed by atoms with Crippen LogP contribution in [0, 0.1) is 0 Å². The van der Waals surface area contributed by atoms with Gasteiger partial charge in [0, 0.05) is 12.6 Å². The second-order valence-corrected chi connectivity index (χ2v) is 2.69. The molecular weight excluding hydrogens is 112 g/mol. The Labute approximate surface area is 57.0 Å². The monoisotopic (exact) mass is 128 g/mol. The molecule has 0 aromatic rings. The zero-order chi connectivity index (χ0) is 6.69. The van der Waals surface area contributed by atoms with Gasteiger partial charge in [-0.15, -0.1) is 0 Å². The molecule has 0 saturated carbocycles. The summed E-state index contributed by atoms with van der Waals surface area (Å²) >= 11 is 0. The Morgan fingerprint density at radius 2 is 2.22 bits per heavy atom. The molecule has 0 bridgehead atoms. The predicted octanol–water partition coefficient (Wildman–Crippen LogP) is 0.429. The number of hydrogen-bond acceptors (Lipinski definition) is 2. The molecule has 1 fully saturated rings. The van der Waals surface area contributed by atoms with E-state index in [4.69, 9.17) is 5.73 Å². The summed E-state index contributed by atoms with van der Waals surface area (Å²) in [5.41, 5.74) is 5.55. The SMILES string of the molecule is CCC(CN)N1CCC1. The summed E-state index contributed by atoms with van der Waals surface area (Å²) in [6, 6.07) is 0.666. The lowest BCUT2D eigenvalue weighted by Gasteiger charge is -2.37. The fourth-order valence-corrected chi connectivity index (χ4v) is 1.28. The van der Waals surface area contributed by atoms with Crippen LogP contribution in [0.2, 0.25) is 0 Å². The molecule has 2 nitrogen and oxygen atoms in total. The first-order chi connectivity index (χ1) is 4.38. The molecule has 1 aliphatic heterocycles. The second kappa shape index (κ2) is 3.18. The molecule has 2 N–H and O–H groups in total. The van der Waals surface area contributed by atoms with Crippen LogP contribution in [0.1, 0.15) is 19.8 Å². The molecule has 0 aromatic heterocycles. The van der Waals surface area contributed by atoms with Crippen molar-refractivity contribution in [2.75, 3.05) is 19.6 Å². The van der Waals surface area contributed by atoms with E-state index in [1.807, 2.05) is 0 Å². The van der Waals surface area contributed by atoms with Crippen LogP contribution in [0.5, 0.6) is 0 Å². The van der Waals surface area contributed by atoms with Crippen molar-refractivity contribution < 1.29 is 0 Å². The first-order valence-electron chi connectivity index (χ1n) is 3.82. The van der Waals surface area contributed by atoms with Gasteiger partial charge in [-0.2, -0.15) is 0 Å². The summed E-state index contributed by atoms with van der Waals surface area (Å²) in [4.78, 5) is 2.46. The van der Waals surface area contributed by atoms with Crippen molar-refractivity contribution in [3.05, 3.63) is 0 Å². The highest BCUT2D eigenvalue weighted by Crippen LogP contribution is 2.11. The summed E-state index contributed by atoms with van der Waals surface area (Å²) in [6.45, 7) is 5.58. The van der Waals surface area contributed by atoms with Crippen molar-refractivity contribution in [3.63, 3.8) is 0 Å². The van der Waals surface area contributed by atoms with Crippen LogP contribution in [0.4, 0.5) is 0 Å². The largest absolute Gasteiger partial charge is 0.329 e. The third kappa shape index (κ3) is 1.43. The van der Waals surface area contributed by atoms with E-state index in [9.17, 15) is 0 Å². The fourth-order valence-electron chi connectivity index (χ4n) is 1.28. The molecule has 1 rings (SSSR count). The zero-order valence-electron chi connectivity index (χ0n) is 6.14. The van der Waals surface area contributed by atoms with E-state index in [1.165, 1.54) is 25.9 Å². The maximum Gasteiger partial charge on any atom is 0.0215 e. The summed E-state index contributed by atoms with van der Waals surface area (Å²) < 4.78 is 0. The predicted molar refractivity (Wildman–Crippen MR) is 39.3 cm³/mol. The van der Waals surface area contributed by atoms with Gasteiger partial charge in [-0.1, -0.05) is 6.92 Å². The molecule has 1 aliphatic rings. The van der Waals surface area contributed by atoms with Gasteiger partial charge in [-0.3, -0.25) is 4.90 Å². The van der Waals surface area contributed by atoms with E-state index in [-0.39, 0.29) is 0 Å². The quantitative estimate of drug-likeness (QED) is 0.597. The van der Waals surface area contributed by atoms with E-state index in [2.05, 4.69) is 11.8 Å². The minimum atomic E-state index is 0.666. The van der Waals surface area contributed by atoms with Crippen LogP contribution < -0.4 is 5.73 Å². The van der Waals surface area contributed by atoms with Crippen molar-refractivity contribution in [1.82, 2.24) is 4.90 Å². The Hall–Kier alpha value is -0.0800. The van der Waals surface area contributed by atoms with Crippen molar-refractivity contribution in [2.24, 2.45) is 5.73 Å². The van der Waals surface area contributed by atoms with Gasteiger partial charge in [-0.05, 0) is 25.9 Å². The highest BCUT2D eigenvalue weighted by atomic mass is 15.2. The molecule has 2 heteroatoms. The van der Waals surface area contributed by atoms with Crippen LogP contribution in [0.15, 0.2) is 0 Å². The highest BCUT2D eigenvalue weighted by molar-refractivity contribution is 4.77. The van der Waals surface area contributed by atoms with E-state index < -0.39 is 0 Å². The second-order valence-electron chi connectivity index (χ2n) is 2.69. The first kappa shape index (κ1) is 7.03. The normalized spacial score (nSPS) is 23.3. The minimum absolute atomic E-state index is 0.666. The number of hydrogen-bond donors (Lipinski definition) is 1. The zero-order valence-corrected chi connectivity index (χ0v) is 6.14. The van der Waals surface area contributed by atoms with Gasteiger partial charge in [0.2, 0.25) is 0 Å². The van der Waals surface area contributed by atoms with E-state index in [0.29, 0.717) is 6.04 Å². The summed E-state index contributed by atoms with van der Waals surface area (Å²) in [7, 11) is 0. The topological polar surface area (TPSA) is 29.3 Å². The van der Waals surface area contributed by atoms with Crippen LogP contribution >= 0.6 is 0 Å². The third-order valence-corrected chi connectivity index (χ3v) is 2.15. The molecule has 0 aromatic carbocycles. The molecule has 0 aliphatic carbocycles. The van der Waals surface area contributed by atoms with Crippen molar-refractivity contribution in [2.45, 2.75) is 25.8 Å². The lowest BCUT2D eigenvalue weighted by atomic mass is 10.1. The van der Waals surface area contributed by atoms with Gasteiger partial charge in [0.05, 0.1) is 0 Å². The van der Waals surface area contributed by atoms with Crippen LogP contribution in [-0.2, 0) is 0 Å². The molecule has 0 radical (unpaired) electrons. The van der Waals surface area contributed by atoms with Gasteiger partial charge in [0.15, 0.2) is 0 Å². The minimum Gasteiger partial charge on any atom is -0.329 e. The third-order valence-electron chi connectivity index (χ3n) is 2.15. The smallest absolute Gasteiger partial charge is 0.0215 e. The Kier molecular flexibility index (Phi) is 2.49. The van der Waals surface area contributed by atoms with Crippen LogP contribution in [-0.4, -0.2) is 30.6 Å². The van der Waals surface area contributed by atoms with Crippen molar-refractivity contribution in [1.29, 1.82) is 0 Å². The molecule has 54 valence electrons. The maximum absolute atomic E-state index is 5.55. The number of rotatable bonds is 3. The number of nitrogens with zero attached hydrogens (tertiary/aromatic N) is 1. The lowest BCUT2D eigenvalue weighted by Crippen LogP contribution is -2.48. The van der Waals surface area contributed by atoms with Gasteiger partial charge in [-0.25, -0.2) is 0 Å². The van der Waals surface area contributed by atoms with Gasteiger partial charge < -0.3 is 5.73 Å². The standard InChI is InChI=1S/C7H16N2/c1-2-7(6-8)9-4-3-5-9/h7H,2-6,8H2,1H3. The van der Waals surface area contributed by atoms with Gasteiger partial charge in [0.1, 0.15) is 0 Å². The van der Waals surface area contributed by atoms with Gasteiger partial charge in [0.25, 0.3) is 0 Å². The van der Waals surface area contributed by atoms with Crippen molar-refractivity contribution >= 4 is 0 Å². The molecule has 1 heterocycles. The van der Waals surface area contributed by atoms with Crippen LogP contribution in [0.25, 0.3) is 0 Å². The number of likely N-dealkylation sites (tertiary alicyclic amines) is 1. The first-order valence-corrected chi connectivity index (χ1v) is 3.82. The Morgan fingerprint density at radius 1 is 1.56 bits per heavy atom. The number of nitrogens with two attached hydrogens (primary N) is 1.